The van der Waals surface area contributed by atoms with Crippen molar-refractivity contribution >= 4 is 33.5 Å². The Morgan fingerprint density at radius 2 is 1.57 bits per heavy atom. The molecule has 0 unspecified atom stereocenters. The van der Waals surface area contributed by atoms with Crippen LogP contribution in [0.2, 0.25) is 13.6 Å². The monoisotopic (exact) mass is 131 g/mol. The van der Waals surface area contributed by atoms with Gasteiger partial charge in [-0.25, -0.2) is 0 Å². The summed E-state index contributed by atoms with van der Waals surface area (Å²) in [7, 11) is 3.82. The maximum Gasteiger partial charge on any atom is 0.286 e. The van der Waals surface area contributed by atoms with Gasteiger partial charge in [0.05, 0.1) is 0 Å². The fourth-order valence-electron chi connectivity index (χ4n) is 0.553. The van der Waals surface area contributed by atoms with Crippen LogP contribution in [0.15, 0.2) is 0 Å². The van der Waals surface area contributed by atoms with Crippen molar-refractivity contribution in [2.75, 3.05) is 0 Å². The molecule has 1 nitrogen and oxygen atoms in total. The molecule has 0 spiro atoms. The molecule has 1 aliphatic rings. The lowest BCUT2D eigenvalue weighted by molar-refractivity contribution is 1.55. The second kappa shape index (κ2) is 2.37. The highest BCUT2D eigenvalue weighted by Gasteiger charge is 2.23. The number of nitrogens with one attached hydrogen (secondary N) is 1. The Morgan fingerprint density at radius 3 is 1.71 bits per heavy atom. The van der Waals surface area contributed by atoms with E-state index in [-0.39, 0.29) is 0 Å². The van der Waals surface area contributed by atoms with Crippen LogP contribution >= 0.6 is 21.3 Å². The zero-order chi connectivity index (χ0) is 5.28. The fraction of sp³-hybridized carbons (Fsp3) is 1.00. The molecule has 0 aromatic heterocycles. The van der Waals surface area contributed by atoms with Gasteiger partial charge in [-0.1, -0.05) is 13.6 Å². The Hall–Kier alpha value is 0.790. The van der Waals surface area contributed by atoms with Gasteiger partial charge in [-0.2, -0.15) is 0 Å². The van der Waals surface area contributed by atoms with Crippen LogP contribution in [0.25, 0.3) is 0 Å². The van der Waals surface area contributed by atoms with Gasteiger partial charge in [-0.15, -0.1) is 21.3 Å². The molecule has 0 atom stereocenters. The van der Waals surface area contributed by atoms with Crippen molar-refractivity contribution in [1.82, 2.24) is 5.14 Å². The van der Waals surface area contributed by atoms with Crippen molar-refractivity contribution in [1.29, 1.82) is 0 Å². The maximum atomic E-state index is 3.34. The summed E-state index contributed by atoms with van der Waals surface area (Å²) in [6.07, 6.45) is 1.31. The molecule has 1 fully saturated rings. The van der Waals surface area contributed by atoms with E-state index in [1.54, 1.807) is 0 Å². The predicted molar refractivity (Wildman–Crippen MR) is 41.6 cm³/mol. The lowest BCUT2D eigenvalue weighted by Gasteiger charge is -1.91. The summed E-state index contributed by atoms with van der Waals surface area (Å²) in [6.45, 7) is 4.36. The summed E-state index contributed by atoms with van der Waals surface area (Å²) >= 11 is 0. The fourth-order valence-corrected chi connectivity index (χ4v) is 2.82. The van der Waals surface area contributed by atoms with Crippen LogP contribution in [-0.4, -0.2) is 12.3 Å². The highest BCUT2D eigenvalue weighted by molar-refractivity contribution is 8.96. The lowest BCUT2D eigenvalue weighted by atomic mass is 9.83. The second-order valence-corrected chi connectivity index (χ2v) is 4.60. The Kier molecular flexibility index (Phi) is 2.01. The lowest BCUT2D eigenvalue weighted by Crippen LogP contribution is -2.29. The van der Waals surface area contributed by atoms with E-state index in [0.717, 1.165) is 0 Å². The van der Waals surface area contributed by atoms with E-state index in [0.29, 0.717) is 12.3 Å². The molecule has 0 aromatic carbocycles. The summed E-state index contributed by atoms with van der Waals surface area (Å²) in [5.74, 6) is 0. The molecule has 0 aromatic rings. The molecule has 7 heavy (non-hydrogen) atoms. The molecule has 0 aliphatic carbocycles. The van der Waals surface area contributed by atoms with E-state index < -0.39 is 0 Å². The average molecular weight is 131 g/mol. The van der Waals surface area contributed by atoms with Crippen LogP contribution in [0.5, 0.6) is 0 Å². The number of hydrogen-bond donors (Lipinski definition) is 1. The van der Waals surface area contributed by atoms with Gasteiger partial charge in [-0.3, -0.25) is 0 Å². The molecule has 0 bridgehead atoms. The summed E-state index contributed by atoms with van der Waals surface area (Å²) < 4.78 is 0. The van der Waals surface area contributed by atoms with Crippen molar-refractivity contribution in [3.63, 3.8) is 0 Å². The molecule has 1 N–H and O–H groups in total. The molecule has 0 amide bonds. The molecular formula is C2H7B2NS2. The van der Waals surface area contributed by atoms with E-state index in [4.69, 9.17) is 0 Å². The summed E-state index contributed by atoms with van der Waals surface area (Å²) in [6, 6.07) is 0. The van der Waals surface area contributed by atoms with Crippen LogP contribution in [0.3, 0.4) is 0 Å². The summed E-state index contributed by atoms with van der Waals surface area (Å²) in [5.41, 5.74) is 0. The van der Waals surface area contributed by atoms with Gasteiger partial charge >= 0.3 is 0 Å². The molecule has 1 saturated heterocycles. The highest BCUT2D eigenvalue weighted by atomic mass is 33.1. The van der Waals surface area contributed by atoms with Crippen molar-refractivity contribution in [2.45, 2.75) is 13.6 Å². The van der Waals surface area contributed by atoms with Gasteiger partial charge in [0.15, 0.2) is 0 Å². The van der Waals surface area contributed by atoms with E-state index in [1.807, 2.05) is 21.3 Å². The molecular weight excluding hydrogens is 124 g/mol. The number of rotatable bonds is 0. The second-order valence-electron chi connectivity index (χ2n) is 1.64. The topological polar surface area (TPSA) is 12.0 Å². The van der Waals surface area contributed by atoms with Gasteiger partial charge in [0.1, 0.15) is 0 Å². The van der Waals surface area contributed by atoms with Gasteiger partial charge in [0.2, 0.25) is 0 Å². The van der Waals surface area contributed by atoms with Crippen LogP contribution in [0.1, 0.15) is 0 Å². The smallest absolute Gasteiger partial charge is 0.286 e. The van der Waals surface area contributed by atoms with E-state index >= 15 is 0 Å². The van der Waals surface area contributed by atoms with E-state index in [9.17, 15) is 0 Å². The Morgan fingerprint density at radius 1 is 1.14 bits per heavy atom. The van der Waals surface area contributed by atoms with Crippen molar-refractivity contribution < 1.29 is 0 Å². The van der Waals surface area contributed by atoms with Crippen LogP contribution in [-0.2, 0) is 0 Å². The van der Waals surface area contributed by atoms with E-state index in [2.05, 4.69) is 18.8 Å². The predicted octanol–water partition coefficient (Wildman–Crippen LogP) is 1.21. The van der Waals surface area contributed by atoms with Gasteiger partial charge in [0, 0.05) is 0 Å². The molecule has 1 aliphatic heterocycles. The zero-order valence-corrected chi connectivity index (χ0v) is 6.10. The Balaban J connectivity index is 2.26. The number of hydrogen-bond acceptors (Lipinski definition) is 3. The van der Waals surface area contributed by atoms with Crippen molar-refractivity contribution in [3.05, 3.63) is 0 Å². The first kappa shape index (κ1) is 5.92. The van der Waals surface area contributed by atoms with Gasteiger partial charge < -0.3 is 5.14 Å². The van der Waals surface area contributed by atoms with Crippen molar-refractivity contribution in [3.8, 4) is 0 Å². The normalized spacial score (nSPS) is 21.4. The van der Waals surface area contributed by atoms with Gasteiger partial charge in [0.25, 0.3) is 12.3 Å². The van der Waals surface area contributed by atoms with Gasteiger partial charge in [-0.05, 0) is 0 Å². The molecule has 0 saturated carbocycles. The summed E-state index contributed by atoms with van der Waals surface area (Å²) in [4.78, 5) is 0. The first-order chi connectivity index (χ1) is 3.29. The first-order valence-corrected chi connectivity index (χ1v) is 4.65. The third-order valence-electron chi connectivity index (χ3n) is 0.814. The van der Waals surface area contributed by atoms with Crippen LogP contribution < -0.4 is 5.14 Å². The van der Waals surface area contributed by atoms with Crippen LogP contribution in [0.4, 0.5) is 0 Å². The standard InChI is InChI=1S/C2H7B2NS2/c1-3-5-4(2)7-6-3/h5H,1-2H3. The molecule has 0 radical (unpaired) electrons. The SMILES string of the molecule is CB1NB(C)SS1. The molecule has 38 valence electrons. The highest BCUT2D eigenvalue weighted by Crippen LogP contribution is 2.30. The molecule has 1 heterocycles. The first-order valence-electron chi connectivity index (χ1n) is 2.37. The zero-order valence-electron chi connectivity index (χ0n) is 4.47. The minimum atomic E-state index is 0.653. The van der Waals surface area contributed by atoms with Crippen molar-refractivity contribution in [2.24, 2.45) is 0 Å². The maximum absolute atomic E-state index is 3.34. The Bertz CT molecular complexity index is 62.7. The average Bonchev–Trinajstić information content (AvgIpc) is 1.87. The third-order valence-corrected chi connectivity index (χ3v) is 3.84. The third kappa shape index (κ3) is 1.63. The van der Waals surface area contributed by atoms with E-state index in [1.165, 1.54) is 0 Å². The van der Waals surface area contributed by atoms with Crippen LogP contribution in [0, 0.1) is 0 Å². The molecule has 1 rings (SSSR count). The Labute approximate surface area is 52.8 Å². The summed E-state index contributed by atoms with van der Waals surface area (Å²) in [5, 5.41) is 3.34. The molecule has 5 heteroatoms. The minimum Gasteiger partial charge on any atom is -0.378 e. The minimum absolute atomic E-state index is 0.653. The quantitative estimate of drug-likeness (QED) is 0.391. The largest absolute Gasteiger partial charge is 0.378 e.